The second-order valence-electron chi connectivity index (χ2n) is 5.33. The summed E-state index contributed by atoms with van der Waals surface area (Å²) in [6, 6.07) is 2.43. The molecule has 0 aliphatic heterocycles. The van der Waals surface area contributed by atoms with Gasteiger partial charge in [0, 0.05) is 28.7 Å². The van der Waals surface area contributed by atoms with Gasteiger partial charge in [0.1, 0.15) is 5.75 Å². The molecule has 0 aromatic carbocycles. The van der Waals surface area contributed by atoms with Crippen LogP contribution < -0.4 is 10.1 Å². The summed E-state index contributed by atoms with van der Waals surface area (Å²) in [5, 5.41) is 3.43. The fourth-order valence-electron chi connectivity index (χ4n) is 1.28. The number of aromatic nitrogens is 1. The highest BCUT2D eigenvalue weighted by Crippen LogP contribution is 2.20. The number of nitrogens with one attached hydrogen (secondary N) is 1. The number of nitrogens with zero attached hydrogens (tertiary/aromatic N) is 1. The highest BCUT2D eigenvalue weighted by Gasteiger charge is 2.19. The summed E-state index contributed by atoms with van der Waals surface area (Å²) in [7, 11) is 0. The SMILES string of the molecule is CC(C)NCC(C)(C)COc1cncc(Br)c1. The third-order valence-electron chi connectivity index (χ3n) is 2.30. The van der Waals surface area contributed by atoms with E-state index in [0.717, 1.165) is 16.8 Å². The minimum atomic E-state index is 0.104. The monoisotopic (exact) mass is 300 g/mol. The Morgan fingerprint density at radius 2 is 2.12 bits per heavy atom. The third-order valence-corrected chi connectivity index (χ3v) is 2.73. The van der Waals surface area contributed by atoms with Gasteiger partial charge in [-0.05, 0) is 22.0 Å². The van der Waals surface area contributed by atoms with Crippen molar-refractivity contribution in [1.29, 1.82) is 0 Å². The van der Waals surface area contributed by atoms with Gasteiger partial charge in [-0.25, -0.2) is 0 Å². The topological polar surface area (TPSA) is 34.1 Å². The molecule has 3 nitrogen and oxygen atoms in total. The summed E-state index contributed by atoms with van der Waals surface area (Å²) < 4.78 is 6.69. The molecule has 1 heterocycles. The lowest BCUT2D eigenvalue weighted by atomic mass is 9.94. The fraction of sp³-hybridized carbons (Fsp3) is 0.615. The van der Waals surface area contributed by atoms with Crippen molar-refractivity contribution >= 4 is 15.9 Å². The fourth-order valence-corrected chi connectivity index (χ4v) is 1.63. The Hall–Kier alpha value is -0.610. The number of hydrogen-bond acceptors (Lipinski definition) is 3. The summed E-state index contributed by atoms with van der Waals surface area (Å²) in [6.07, 6.45) is 3.48. The first-order valence-corrected chi connectivity index (χ1v) is 6.65. The molecule has 1 rings (SSSR count). The average Bonchev–Trinajstić information content (AvgIpc) is 2.24. The van der Waals surface area contributed by atoms with Crippen LogP contribution in [0.4, 0.5) is 0 Å². The first-order valence-electron chi connectivity index (χ1n) is 5.86. The highest BCUT2D eigenvalue weighted by atomic mass is 79.9. The van der Waals surface area contributed by atoms with Crippen LogP contribution in [0.25, 0.3) is 0 Å². The van der Waals surface area contributed by atoms with Crippen molar-refractivity contribution in [2.24, 2.45) is 5.41 Å². The lowest BCUT2D eigenvalue weighted by molar-refractivity contribution is 0.173. The van der Waals surface area contributed by atoms with Crippen LogP contribution in [0.15, 0.2) is 22.9 Å². The molecule has 0 bridgehead atoms. The van der Waals surface area contributed by atoms with Crippen LogP contribution >= 0.6 is 15.9 Å². The minimum absolute atomic E-state index is 0.104. The molecule has 0 spiro atoms. The maximum atomic E-state index is 5.75. The van der Waals surface area contributed by atoms with E-state index in [2.05, 4.69) is 53.9 Å². The maximum absolute atomic E-state index is 5.75. The van der Waals surface area contributed by atoms with Crippen molar-refractivity contribution in [2.75, 3.05) is 13.2 Å². The summed E-state index contributed by atoms with van der Waals surface area (Å²) in [5.74, 6) is 0.803. The normalized spacial score (nSPS) is 11.9. The molecular formula is C13H21BrN2O. The molecule has 0 aliphatic rings. The van der Waals surface area contributed by atoms with Gasteiger partial charge in [0.15, 0.2) is 0 Å². The molecule has 0 saturated heterocycles. The van der Waals surface area contributed by atoms with Crippen LogP contribution in [0.3, 0.4) is 0 Å². The zero-order valence-corrected chi connectivity index (χ0v) is 12.5. The quantitative estimate of drug-likeness (QED) is 0.876. The summed E-state index contributed by atoms with van der Waals surface area (Å²) in [5.41, 5.74) is 0.104. The molecule has 1 aromatic rings. The molecule has 1 N–H and O–H groups in total. The van der Waals surface area contributed by atoms with E-state index < -0.39 is 0 Å². The lowest BCUT2D eigenvalue weighted by Gasteiger charge is -2.26. The molecule has 0 amide bonds. The van der Waals surface area contributed by atoms with Crippen LogP contribution in [0.5, 0.6) is 5.75 Å². The Kier molecular flexibility index (Phi) is 5.40. The molecule has 0 unspecified atom stereocenters. The van der Waals surface area contributed by atoms with E-state index in [1.807, 2.05) is 6.07 Å². The second-order valence-corrected chi connectivity index (χ2v) is 6.24. The Morgan fingerprint density at radius 1 is 1.41 bits per heavy atom. The van der Waals surface area contributed by atoms with Crippen molar-refractivity contribution in [2.45, 2.75) is 33.7 Å². The van der Waals surface area contributed by atoms with Crippen molar-refractivity contribution in [1.82, 2.24) is 10.3 Å². The van der Waals surface area contributed by atoms with Gasteiger partial charge in [-0.3, -0.25) is 4.98 Å². The number of halogens is 1. The van der Waals surface area contributed by atoms with Gasteiger partial charge in [-0.2, -0.15) is 0 Å². The van der Waals surface area contributed by atoms with Crippen molar-refractivity contribution in [3.05, 3.63) is 22.9 Å². The second kappa shape index (κ2) is 6.36. The molecule has 0 atom stereocenters. The molecule has 96 valence electrons. The van der Waals surface area contributed by atoms with Gasteiger partial charge in [0.25, 0.3) is 0 Å². The van der Waals surface area contributed by atoms with Crippen LogP contribution in [-0.2, 0) is 0 Å². The first kappa shape index (κ1) is 14.5. The molecule has 1 aromatic heterocycles. The first-order chi connectivity index (χ1) is 7.89. The molecule has 0 radical (unpaired) electrons. The number of rotatable bonds is 6. The molecule has 0 aliphatic carbocycles. The van der Waals surface area contributed by atoms with Crippen LogP contribution in [-0.4, -0.2) is 24.2 Å². The minimum Gasteiger partial charge on any atom is -0.491 e. The number of pyridine rings is 1. The van der Waals surface area contributed by atoms with Gasteiger partial charge in [0.2, 0.25) is 0 Å². The molecule has 0 fully saturated rings. The summed E-state index contributed by atoms with van der Waals surface area (Å²) >= 11 is 3.38. The van der Waals surface area contributed by atoms with Gasteiger partial charge in [-0.1, -0.05) is 27.7 Å². The molecule has 17 heavy (non-hydrogen) atoms. The maximum Gasteiger partial charge on any atom is 0.138 e. The highest BCUT2D eigenvalue weighted by molar-refractivity contribution is 9.10. The molecular weight excluding hydrogens is 280 g/mol. The largest absolute Gasteiger partial charge is 0.491 e. The predicted molar refractivity (Wildman–Crippen MR) is 74.4 cm³/mol. The zero-order chi connectivity index (χ0) is 12.9. The average molecular weight is 301 g/mol. The van der Waals surface area contributed by atoms with E-state index in [4.69, 9.17) is 4.74 Å². The Labute approximate surface area is 112 Å². The van der Waals surface area contributed by atoms with E-state index in [1.54, 1.807) is 12.4 Å². The van der Waals surface area contributed by atoms with E-state index in [1.165, 1.54) is 0 Å². The number of hydrogen-bond donors (Lipinski definition) is 1. The molecule has 0 saturated carbocycles. The van der Waals surface area contributed by atoms with E-state index in [0.29, 0.717) is 12.6 Å². The molecule has 4 heteroatoms. The zero-order valence-electron chi connectivity index (χ0n) is 11.0. The van der Waals surface area contributed by atoms with Crippen molar-refractivity contribution in [3.63, 3.8) is 0 Å². The summed E-state index contributed by atoms with van der Waals surface area (Å²) in [6.45, 7) is 10.3. The van der Waals surface area contributed by atoms with E-state index >= 15 is 0 Å². The van der Waals surface area contributed by atoms with Gasteiger partial charge >= 0.3 is 0 Å². The van der Waals surface area contributed by atoms with E-state index in [9.17, 15) is 0 Å². The van der Waals surface area contributed by atoms with E-state index in [-0.39, 0.29) is 5.41 Å². The Balaban J connectivity index is 2.43. The Morgan fingerprint density at radius 3 is 2.71 bits per heavy atom. The third kappa shape index (κ3) is 6.03. The number of ether oxygens (including phenoxy) is 1. The van der Waals surface area contributed by atoms with Crippen molar-refractivity contribution < 1.29 is 4.74 Å². The Bertz CT molecular complexity index is 353. The van der Waals surface area contributed by atoms with Crippen LogP contribution in [0.2, 0.25) is 0 Å². The van der Waals surface area contributed by atoms with Crippen LogP contribution in [0.1, 0.15) is 27.7 Å². The predicted octanol–water partition coefficient (Wildman–Crippen LogP) is 3.25. The summed E-state index contributed by atoms with van der Waals surface area (Å²) in [4.78, 5) is 4.07. The standard InChI is InChI=1S/C13H21BrN2O/c1-10(2)16-8-13(3,4)9-17-12-5-11(14)6-15-7-12/h5-7,10,16H,8-9H2,1-4H3. The van der Waals surface area contributed by atoms with Gasteiger partial charge in [-0.15, -0.1) is 0 Å². The van der Waals surface area contributed by atoms with Gasteiger partial charge < -0.3 is 10.1 Å². The van der Waals surface area contributed by atoms with Crippen LogP contribution in [0, 0.1) is 5.41 Å². The van der Waals surface area contributed by atoms with Gasteiger partial charge in [0.05, 0.1) is 12.8 Å². The van der Waals surface area contributed by atoms with Crippen molar-refractivity contribution in [3.8, 4) is 5.75 Å². The lowest BCUT2D eigenvalue weighted by Crippen LogP contribution is -2.37. The smallest absolute Gasteiger partial charge is 0.138 e.